The first-order valence-corrected chi connectivity index (χ1v) is 7.07. The van der Waals surface area contributed by atoms with Gasteiger partial charge in [0.15, 0.2) is 0 Å². The van der Waals surface area contributed by atoms with Crippen molar-refractivity contribution in [3.63, 3.8) is 0 Å². The fourth-order valence-electron chi connectivity index (χ4n) is 2.53. The number of rotatable bonds is 2. The molecule has 1 nitrogen and oxygen atoms in total. The SMILES string of the molecule is CC1(Cc2ccc(Br)cc2F)CCCCCN1. The maximum absolute atomic E-state index is 13.8. The van der Waals surface area contributed by atoms with E-state index in [0.717, 1.165) is 29.4 Å². The summed E-state index contributed by atoms with van der Waals surface area (Å²) in [7, 11) is 0. The average Bonchev–Trinajstić information content (AvgIpc) is 2.48. The minimum absolute atomic E-state index is 0.0468. The van der Waals surface area contributed by atoms with Crippen LogP contribution in [-0.4, -0.2) is 12.1 Å². The lowest BCUT2D eigenvalue weighted by Crippen LogP contribution is -2.43. The fourth-order valence-corrected chi connectivity index (χ4v) is 2.86. The van der Waals surface area contributed by atoms with Gasteiger partial charge in [-0.05, 0) is 50.4 Å². The van der Waals surface area contributed by atoms with E-state index in [-0.39, 0.29) is 11.4 Å². The molecule has 1 aliphatic rings. The second-order valence-corrected chi connectivity index (χ2v) is 6.13. The summed E-state index contributed by atoms with van der Waals surface area (Å²) in [6.07, 6.45) is 5.65. The molecule has 1 heterocycles. The van der Waals surface area contributed by atoms with Crippen LogP contribution in [0.3, 0.4) is 0 Å². The van der Waals surface area contributed by atoms with Gasteiger partial charge in [-0.2, -0.15) is 0 Å². The van der Waals surface area contributed by atoms with E-state index in [0.29, 0.717) is 0 Å². The van der Waals surface area contributed by atoms with Crippen LogP contribution in [0.25, 0.3) is 0 Å². The van der Waals surface area contributed by atoms with Gasteiger partial charge in [0.05, 0.1) is 0 Å². The summed E-state index contributed by atoms with van der Waals surface area (Å²) in [6, 6.07) is 5.35. The summed E-state index contributed by atoms with van der Waals surface area (Å²) >= 11 is 3.29. The summed E-state index contributed by atoms with van der Waals surface area (Å²) in [6.45, 7) is 3.26. The molecular weight excluding hydrogens is 281 g/mol. The van der Waals surface area contributed by atoms with Crippen LogP contribution < -0.4 is 5.32 Å². The van der Waals surface area contributed by atoms with Gasteiger partial charge in [-0.15, -0.1) is 0 Å². The summed E-state index contributed by atoms with van der Waals surface area (Å²) in [5.41, 5.74) is 0.857. The first kappa shape index (κ1) is 13.0. The highest BCUT2D eigenvalue weighted by Crippen LogP contribution is 2.25. The van der Waals surface area contributed by atoms with Crippen molar-refractivity contribution in [2.75, 3.05) is 6.54 Å². The normalized spacial score (nSPS) is 25.6. The maximum atomic E-state index is 13.8. The topological polar surface area (TPSA) is 12.0 Å². The molecule has 3 heteroatoms. The number of hydrogen-bond acceptors (Lipinski definition) is 1. The lowest BCUT2D eigenvalue weighted by atomic mass is 9.88. The Morgan fingerprint density at radius 2 is 2.18 bits per heavy atom. The fraction of sp³-hybridized carbons (Fsp3) is 0.571. The molecule has 0 radical (unpaired) electrons. The number of benzene rings is 1. The number of hydrogen-bond donors (Lipinski definition) is 1. The van der Waals surface area contributed by atoms with Crippen molar-refractivity contribution in [1.29, 1.82) is 0 Å². The highest BCUT2D eigenvalue weighted by molar-refractivity contribution is 9.10. The third-order valence-electron chi connectivity index (χ3n) is 3.55. The summed E-state index contributed by atoms with van der Waals surface area (Å²) < 4.78 is 14.6. The molecule has 1 saturated heterocycles. The van der Waals surface area contributed by atoms with Crippen LogP contribution in [0.5, 0.6) is 0 Å². The molecule has 0 bridgehead atoms. The Labute approximate surface area is 111 Å². The third-order valence-corrected chi connectivity index (χ3v) is 4.05. The highest BCUT2D eigenvalue weighted by atomic mass is 79.9. The number of nitrogens with one attached hydrogen (secondary N) is 1. The van der Waals surface area contributed by atoms with Crippen molar-refractivity contribution in [1.82, 2.24) is 5.32 Å². The van der Waals surface area contributed by atoms with E-state index in [4.69, 9.17) is 0 Å². The van der Waals surface area contributed by atoms with Crippen LogP contribution in [0.15, 0.2) is 22.7 Å². The average molecular weight is 300 g/mol. The van der Waals surface area contributed by atoms with E-state index in [2.05, 4.69) is 28.2 Å². The predicted molar refractivity (Wildman–Crippen MR) is 72.7 cm³/mol. The van der Waals surface area contributed by atoms with E-state index in [1.807, 2.05) is 12.1 Å². The van der Waals surface area contributed by atoms with Crippen LogP contribution in [0, 0.1) is 5.82 Å². The molecule has 0 amide bonds. The maximum Gasteiger partial charge on any atom is 0.127 e. The zero-order valence-electron chi connectivity index (χ0n) is 10.2. The van der Waals surface area contributed by atoms with E-state index < -0.39 is 0 Å². The molecule has 2 rings (SSSR count). The molecular formula is C14H19BrFN. The van der Waals surface area contributed by atoms with E-state index in [9.17, 15) is 4.39 Å². The lowest BCUT2D eigenvalue weighted by molar-refractivity contribution is 0.341. The molecule has 0 saturated carbocycles. The van der Waals surface area contributed by atoms with Crippen molar-refractivity contribution < 1.29 is 4.39 Å². The highest BCUT2D eigenvalue weighted by Gasteiger charge is 2.26. The molecule has 0 aliphatic carbocycles. The van der Waals surface area contributed by atoms with Gasteiger partial charge >= 0.3 is 0 Å². The van der Waals surface area contributed by atoms with Gasteiger partial charge in [-0.25, -0.2) is 4.39 Å². The Balaban J connectivity index is 2.12. The Hall–Kier alpha value is -0.410. The van der Waals surface area contributed by atoms with Gasteiger partial charge in [0.25, 0.3) is 0 Å². The summed E-state index contributed by atoms with van der Waals surface area (Å²) in [5.74, 6) is -0.105. The van der Waals surface area contributed by atoms with Crippen LogP contribution in [0.4, 0.5) is 4.39 Å². The Bertz CT molecular complexity index is 384. The zero-order chi connectivity index (χ0) is 12.3. The van der Waals surface area contributed by atoms with Gasteiger partial charge in [0, 0.05) is 10.0 Å². The molecule has 0 spiro atoms. The van der Waals surface area contributed by atoms with E-state index in [1.54, 1.807) is 6.07 Å². The van der Waals surface area contributed by atoms with Gasteiger partial charge in [-0.1, -0.05) is 34.8 Å². The van der Waals surface area contributed by atoms with E-state index >= 15 is 0 Å². The first-order chi connectivity index (χ1) is 8.09. The standard InChI is InChI=1S/C14H19BrFN/c1-14(7-3-2-4-8-17-14)10-11-5-6-12(15)9-13(11)16/h5-6,9,17H,2-4,7-8,10H2,1H3. The molecule has 1 aliphatic heterocycles. The molecule has 94 valence electrons. The second kappa shape index (κ2) is 5.49. The quantitative estimate of drug-likeness (QED) is 0.868. The molecule has 1 atom stereocenters. The Kier molecular flexibility index (Phi) is 4.21. The molecule has 1 unspecified atom stereocenters. The first-order valence-electron chi connectivity index (χ1n) is 6.28. The van der Waals surface area contributed by atoms with Crippen molar-refractivity contribution in [3.05, 3.63) is 34.1 Å². The summed E-state index contributed by atoms with van der Waals surface area (Å²) in [5, 5.41) is 3.57. The Morgan fingerprint density at radius 1 is 1.35 bits per heavy atom. The van der Waals surface area contributed by atoms with Crippen LogP contribution in [0.2, 0.25) is 0 Å². The van der Waals surface area contributed by atoms with E-state index in [1.165, 1.54) is 19.3 Å². The monoisotopic (exact) mass is 299 g/mol. The molecule has 1 fully saturated rings. The van der Waals surface area contributed by atoms with Gasteiger partial charge in [0.1, 0.15) is 5.82 Å². The zero-order valence-corrected chi connectivity index (χ0v) is 11.8. The van der Waals surface area contributed by atoms with Crippen LogP contribution >= 0.6 is 15.9 Å². The lowest BCUT2D eigenvalue weighted by Gasteiger charge is -2.29. The van der Waals surface area contributed by atoms with Crippen LogP contribution in [0.1, 0.15) is 38.2 Å². The second-order valence-electron chi connectivity index (χ2n) is 5.21. The van der Waals surface area contributed by atoms with Gasteiger partial charge in [0.2, 0.25) is 0 Å². The molecule has 0 aromatic heterocycles. The Morgan fingerprint density at radius 3 is 2.94 bits per heavy atom. The predicted octanol–water partition coefficient (Wildman–Crippen LogP) is 4.05. The van der Waals surface area contributed by atoms with Gasteiger partial charge < -0.3 is 5.32 Å². The van der Waals surface area contributed by atoms with Crippen molar-refractivity contribution in [2.45, 2.75) is 44.6 Å². The van der Waals surface area contributed by atoms with Crippen molar-refractivity contribution in [2.24, 2.45) is 0 Å². The van der Waals surface area contributed by atoms with Gasteiger partial charge in [-0.3, -0.25) is 0 Å². The van der Waals surface area contributed by atoms with Crippen LogP contribution in [-0.2, 0) is 6.42 Å². The van der Waals surface area contributed by atoms with Crippen molar-refractivity contribution >= 4 is 15.9 Å². The molecule has 17 heavy (non-hydrogen) atoms. The molecule has 1 N–H and O–H groups in total. The molecule has 1 aromatic rings. The third kappa shape index (κ3) is 3.52. The largest absolute Gasteiger partial charge is 0.311 e. The minimum atomic E-state index is -0.105. The summed E-state index contributed by atoms with van der Waals surface area (Å²) in [4.78, 5) is 0. The number of halogens is 2. The molecule has 1 aromatic carbocycles. The smallest absolute Gasteiger partial charge is 0.127 e. The minimum Gasteiger partial charge on any atom is -0.311 e. The van der Waals surface area contributed by atoms with Crippen molar-refractivity contribution in [3.8, 4) is 0 Å².